The van der Waals surface area contributed by atoms with Gasteiger partial charge in [-0.25, -0.2) is 0 Å². The number of hydrogen-bond acceptors (Lipinski definition) is 4. The second kappa shape index (κ2) is 8.10. The minimum absolute atomic E-state index is 0.0642. The quantitative estimate of drug-likeness (QED) is 0.619. The summed E-state index contributed by atoms with van der Waals surface area (Å²) in [6, 6.07) is 0. The first-order valence-corrected chi connectivity index (χ1v) is 6.84. The highest BCUT2D eigenvalue weighted by Crippen LogP contribution is 2.26. The molecule has 3 N–H and O–H groups in total. The van der Waals surface area contributed by atoms with Gasteiger partial charge in [-0.1, -0.05) is 27.7 Å². The van der Waals surface area contributed by atoms with E-state index in [4.69, 9.17) is 4.74 Å². The molecule has 4 heteroatoms. The van der Waals surface area contributed by atoms with E-state index in [0.29, 0.717) is 6.42 Å². The molecule has 0 radical (unpaired) electrons. The van der Waals surface area contributed by atoms with Gasteiger partial charge in [0.1, 0.15) is 0 Å². The van der Waals surface area contributed by atoms with Crippen molar-refractivity contribution in [3.63, 3.8) is 0 Å². The predicted octanol–water partition coefficient (Wildman–Crippen LogP) is 1.42. The average molecular weight is 262 g/mol. The van der Waals surface area contributed by atoms with Gasteiger partial charge in [0.2, 0.25) is 0 Å². The molecule has 0 aromatic rings. The molecule has 0 aromatic heterocycles. The molecule has 0 aliphatic heterocycles. The maximum Gasteiger partial charge on any atom is 0.0640 e. The fourth-order valence-electron chi connectivity index (χ4n) is 2.25. The van der Waals surface area contributed by atoms with Crippen LogP contribution in [0, 0.1) is 17.8 Å². The van der Waals surface area contributed by atoms with Crippen molar-refractivity contribution in [2.24, 2.45) is 17.8 Å². The minimum atomic E-state index is -0.721. The van der Waals surface area contributed by atoms with Crippen LogP contribution in [0.15, 0.2) is 0 Å². The Kier molecular flexibility index (Phi) is 8.03. The third kappa shape index (κ3) is 4.50. The fourth-order valence-corrected chi connectivity index (χ4v) is 2.25. The lowest BCUT2D eigenvalue weighted by molar-refractivity contribution is -0.0790. The first-order chi connectivity index (χ1) is 8.27. The van der Waals surface area contributed by atoms with Crippen LogP contribution in [0.3, 0.4) is 0 Å². The Morgan fingerprint density at radius 1 is 0.833 bits per heavy atom. The Bertz CT molecular complexity index is 200. The van der Waals surface area contributed by atoms with Gasteiger partial charge in [-0.3, -0.25) is 0 Å². The largest absolute Gasteiger partial charge is 0.393 e. The molecule has 0 aliphatic rings. The van der Waals surface area contributed by atoms with Crippen molar-refractivity contribution in [1.29, 1.82) is 0 Å². The van der Waals surface area contributed by atoms with E-state index in [1.165, 1.54) is 0 Å². The van der Waals surface area contributed by atoms with E-state index in [2.05, 4.69) is 0 Å². The van der Waals surface area contributed by atoms with Gasteiger partial charge in [-0.05, 0) is 13.3 Å². The number of aliphatic hydroxyl groups is 3. The van der Waals surface area contributed by atoms with E-state index < -0.39 is 18.3 Å². The van der Waals surface area contributed by atoms with Gasteiger partial charge in [-0.15, -0.1) is 0 Å². The maximum atomic E-state index is 10.2. The first-order valence-electron chi connectivity index (χ1n) is 6.84. The van der Waals surface area contributed by atoms with E-state index in [0.717, 1.165) is 0 Å². The number of methoxy groups -OCH3 is 1. The summed E-state index contributed by atoms with van der Waals surface area (Å²) in [6.45, 7) is 9.31. The summed E-state index contributed by atoms with van der Waals surface area (Å²) >= 11 is 0. The van der Waals surface area contributed by atoms with Gasteiger partial charge >= 0.3 is 0 Å². The Morgan fingerprint density at radius 2 is 1.28 bits per heavy atom. The van der Waals surface area contributed by atoms with Crippen LogP contribution in [-0.2, 0) is 4.74 Å². The normalized spacial score (nSPS) is 23.8. The van der Waals surface area contributed by atoms with Crippen molar-refractivity contribution in [2.45, 2.75) is 65.5 Å². The number of hydrogen-bond donors (Lipinski definition) is 3. The van der Waals surface area contributed by atoms with Crippen LogP contribution in [0.1, 0.15) is 41.0 Å². The summed E-state index contributed by atoms with van der Waals surface area (Å²) in [4.78, 5) is 0. The molecule has 0 bridgehead atoms. The molecule has 18 heavy (non-hydrogen) atoms. The Balaban J connectivity index is 4.57. The van der Waals surface area contributed by atoms with Crippen LogP contribution in [0.5, 0.6) is 0 Å². The second-order valence-electron chi connectivity index (χ2n) is 5.47. The maximum absolute atomic E-state index is 10.2. The average Bonchev–Trinajstić information content (AvgIpc) is 2.40. The monoisotopic (exact) mass is 262 g/mol. The highest BCUT2D eigenvalue weighted by atomic mass is 16.5. The number of rotatable bonds is 8. The zero-order chi connectivity index (χ0) is 14.5. The van der Waals surface area contributed by atoms with E-state index in [9.17, 15) is 15.3 Å². The third-order valence-electron chi connectivity index (χ3n) is 4.29. The molecule has 0 fully saturated rings. The lowest BCUT2D eigenvalue weighted by Gasteiger charge is -2.34. The molecule has 0 heterocycles. The second-order valence-corrected chi connectivity index (χ2v) is 5.47. The van der Waals surface area contributed by atoms with E-state index in [1.54, 1.807) is 7.11 Å². The van der Waals surface area contributed by atoms with Crippen molar-refractivity contribution >= 4 is 0 Å². The van der Waals surface area contributed by atoms with Crippen LogP contribution < -0.4 is 0 Å². The van der Waals surface area contributed by atoms with Crippen LogP contribution in [0.2, 0.25) is 0 Å². The van der Waals surface area contributed by atoms with Crippen molar-refractivity contribution < 1.29 is 20.1 Å². The molecule has 0 spiro atoms. The topological polar surface area (TPSA) is 69.9 Å². The van der Waals surface area contributed by atoms with Crippen molar-refractivity contribution in [3.8, 4) is 0 Å². The highest BCUT2D eigenvalue weighted by molar-refractivity contribution is 4.83. The van der Waals surface area contributed by atoms with E-state index in [1.807, 2.05) is 34.6 Å². The smallest absolute Gasteiger partial charge is 0.0640 e. The van der Waals surface area contributed by atoms with Gasteiger partial charge in [0.25, 0.3) is 0 Å². The molecule has 7 atom stereocenters. The fraction of sp³-hybridized carbons (Fsp3) is 1.00. The van der Waals surface area contributed by atoms with Gasteiger partial charge in [-0.2, -0.15) is 0 Å². The minimum Gasteiger partial charge on any atom is -0.393 e. The molecule has 0 unspecified atom stereocenters. The molecule has 0 aromatic carbocycles. The standard InChI is InChI=1S/C14H30O4/c1-7-12(15)9(3)14(17)10(4)13(16)8(2)11(5)18-6/h8-17H,7H2,1-6H3/t8-,9+,10+,11-,12+,13+,14-/m0/s1. The van der Waals surface area contributed by atoms with Gasteiger partial charge < -0.3 is 20.1 Å². The van der Waals surface area contributed by atoms with Crippen molar-refractivity contribution in [2.75, 3.05) is 7.11 Å². The summed E-state index contributed by atoms with van der Waals surface area (Å²) in [7, 11) is 1.61. The van der Waals surface area contributed by atoms with Crippen molar-refractivity contribution in [1.82, 2.24) is 0 Å². The van der Waals surface area contributed by atoms with Gasteiger partial charge in [0.15, 0.2) is 0 Å². The zero-order valence-electron chi connectivity index (χ0n) is 12.5. The molecule has 110 valence electrons. The Morgan fingerprint density at radius 3 is 1.67 bits per heavy atom. The van der Waals surface area contributed by atoms with E-state index >= 15 is 0 Å². The van der Waals surface area contributed by atoms with Crippen LogP contribution in [0.4, 0.5) is 0 Å². The van der Waals surface area contributed by atoms with Gasteiger partial charge in [0, 0.05) is 24.9 Å². The Hall–Kier alpha value is -0.160. The van der Waals surface area contributed by atoms with E-state index in [-0.39, 0.29) is 23.9 Å². The summed E-state index contributed by atoms with van der Waals surface area (Å²) in [5.41, 5.74) is 0. The molecule has 0 rings (SSSR count). The third-order valence-corrected chi connectivity index (χ3v) is 4.29. The van der Waals surface area contributed by atoms with Crippen LogP contribution in [-0.4, -0.2) is 46.8 Å². The summed E-state index contributed by atoms with van der Waals surface area (Å²) in [5, 5.41) is 30.2. The zero-order valence-corrected chi connectivity index (χ0v) is 12.5. The molecular formula is C14H30O4. The summed E-state index contributed by atoms with van der Waals surface area (Å²) in [6.07, 6.45) is -1.38. The lowest BCUT2D eigenvalue weighted by Crippen LogP contribution is -2.43. The first kappa shape index (κ1) is 17.8. The summed E-state index contributed by atoms with van der Waals surface area (Å²) < 4.78 is 5.20. The summed E-state index contributed by atoms with van der Waals surface area (Å²) in [5.74, 6) is -0.607. The highest BCUT2D eigenvalue weighted by Gasteiger charge is 2.34. The lowest BCUT2D eigenvalue weighted by atomic mass is 9.80. The van der Waals surface area contributed by atoms with Crippen molar-refractivity contribution in [3.05, 3.63) is 0 Å². The Labute approximate surface area is 111 Å². The SMILES string of the molecule is CC[C@@H](O)[C@@H](C)[C@H](O)[C@H](C)[C@H](O)[C@@H](C)[C@H](C)OC. The molecule has 0 amide bonds. The van der Waals surface area contributed by atoms with Crippen LogP contribution in [0.25, 0.3) is 0 Å². The number of aliphatic hydroxyl groups excluding tert-OH is 3. The van der Waals surface area contributed by atoms with Gasteiger partial charge in [0.05, 0.1) is 24.4 Å². The predicted molar refractivity (Wildman–Crippen MR) is 72.3 cm³/mol. The molecular weight excluding hydrogens is 232 g/mol. The van der Waals surface area contributed by atoms with Crippen LogP contribution >= 0.6 is 0 Å². The molecule has 0 saturated heterocycles. The number of ether oxygens (including phenoxy) is 1. The molecule has 4 nitrogen and oxygen atoms in total. The molecule has 0 aliphatic carbocycles. The molecule has 0 saturated carbocycles.